The van der Waals surface area contributed by atoms with E-state index in [-0.39, 0.29) is 22.8 Å². The van der Waals surface area contributed by atoms with E-state index in [2.05, 4.69) is 26.8 Å². The van der Waals surface area contributed by atoms with Crippen molar-refractivity contribution in [1.29, 1.82) is 0 Å². The van der Waals surface area contributed by atoms with E-state index < -0.39 is 0 Å². The quantitative estimate of drug-likeness (QED) is 0.309. The molecule has 0 aromatic heterocycles. The fourth-order valence-electron chi connectivity index (χ4n) is 2.63. The molecule has 2 aromatic carbocycles. The molecule has 2 N–H and O–H groups in total. The van der Waals surface area contributed by atoms with Crippen LogP contribution in [0.5, 0.6) is 17.2 Å². The van der Waals surface area contributed by atoms with E-state index in [0.29, 0.717) is 12.4 Å². The molecule has 29 heavy (non-hydrogen) atoms. The Balaban J connectivity index is 1.93. The summed E-state index contributed by atoms with van der Waals surface area (Å²) in [5, 5.41) is 19.5. The molecule has 0 saturated heterocycles. The average molecular weight is 392 g/mol. The number of rotatable bonds is 9. The van der Waals surface area contributed by atoms with Gasteiger partial charge in [-0.25, -0.2) is 0 Å². The first kappa shape index (κ1) is 22.0. The fourth-order valence-corrected chi connectivity index (χ4v) is 2.63. The average Bonchev–Trinajstić information content (AvgIpc) is 2.67. The maximum atomic E-state index is 12.3. The lowest BCUT2D eigenvalue weighted by Gasteiger charge is -2.07. The van der Waals surface area contributed by atoms with Crippen LogP contribution in [0.1, 0.15) is 49.5 Å². The Bertz CT molecular complexity index is 914. The Kier molecular flexibility index (Phi) is 8.28. The zero-order valence-corrected chi connectivity index (χ0v) is 17.2. The van der Waals surface area contributed by atoms with E-state index in [4.69, 9.17) is 4.74 Å². The Hall–Kier alpha value is -3.27. The number of carbonyl (C=O) groups excluding carboxylic acids is 1. The van der Waals surface area contributed by atoms with Crippen molar-refractivity contribution >= 4 is 11.9 Å². The topological polar surface area (TPSA) is 66.8 Å². The van der Waals surface area contributed by atoms with Gasteiger partial charge < -0.3 is 14.9 Å². The zero-order valence-electron chi connectivity index (χ0n) is 17.2. The Morgan fingerprint density at radius 3 is 2.38 bits per heavy atom. The van der Waals surface area contributed by atoms with E-state index in [1.807, 2.05) is 6.08 Å². The molecule has 0 atom stereocenters. The maximum Gasteiger partial charge on any atom is 0.189 e. The molecule has 4 heteroatoms. The van der Waals surface area contributed by atoms with Crippen molar-refractivity contribution in [1.82, 2.24) is 0 Å². The van der Waals surface area contributed by atoms with Gasteiger partial charge >= 0.3 is 0 Å². The van der Waals surface area contributed by atoms with Crippen molar-refractivity contribution < 1.29 is 19.7 Å². The van der Waals surface area contributed by atoms with Crippen LogP contribution in [-0.4, -0.2) is 22.6 Å². The van der Waals surface area contributed by atoms with Crippen LogP contribution >= 0.6 is 0 Å². The third-order valence-corrected chi connectivity index (χ3v) is 4.33. The van der Waals surface area contributed by atoms with Crippen molar-refractivity contribution in [3.8, 4) is 17.2 Å². The monoisotopic (exact) mass is 392 g/mol. The normalized spacial score (nSPS) is 11.5. The summed E-state index contributed by atoms with van der Waals surface area (Å²) in [7, 11) is 0. The minimum Gasteiger partial charge on any atom is -0.508 e. The molecular formula is C25H28O4. The number of aromatic hydroxyl groups is 2. The molecule has 2 aromatic rings. The van der Waals surface area contributed by atoms with Crippen molar-refractivity contribution in [2.75, 3.05) is 6.61 Å². The lowest BCUT2D eigenvalue weighted by atomic mass is 10.1. The van der Waals surface area contributed by atoms with Gasteiger partial charge in [0.05, 0.1) is 5.56 Å². The Labute approximate surface area is 172 Å². The van der Waals surface area contributed by atoms with Gasteiger partial charge in [-0.2, -0.15) is 0 Å². The number of hydrogen-bond acceptors (Lipinski definition) is 4. The standard InChI is InChI=1S/C25H28O4/c1-18(2)5-4-6-19(3)15-16-29-22-12-13-23(25(28)17-22)24(27)14-9-20-7-10-21(26)11-8-20/h5,7-15,17,26,28H,4,6,16H2,1-3H3/b14-9+,19-15+. The van der Waals surface area contributed by atoms with Gasteiger partial charge in [0.2, 0.25) is 0 Å². The van der Waals surface area contributed by atoms with Crippen LogP contribution in [0.25, 0.3) is 6.08 Å². The summed E-state index contributed by atoms with van der Waals surface area (Å²) in [5.41, 5.74) is 3.55. The molecule has 0 heterocycles. The van der Waals surface area contributed by atoms with Crippen molar-refractivity contribution in [2.45, 2.75) is 33.6 Å². The highest BCUT2D eigenvalue weighted by atomic mass is 16.5. The summed E-state index contributed by atoms with van der Waals surface area (Å²) >= 11 is 0. The second-order valence-corrected chi connectivity index (χ2v) is 7.15. The smallest absolute Gasteiger partial charge is 0.189 e. The molecule has 2 rings (SSSR count). The number of ketones is 1. The predicted molar refractivity (Wildman–Crippen MR) is 117 cm³/mol. The summed E-state index contributed by atoms with van der Waals surface area (Å²) in [4.78, 5) is 12.3. The van der Waals surface area contributed by atoms with Crippen LogP contribution in [0.15, 0.2) is 71.8 Å². The third kappa shape index (κ3) is 7.70. The number of benzene rings is 2. The number of ether oxygens (including phenoxy) is 1. The molecule has 0 bridgehead atoms. The summed E-state index contributed by atoms with van der Waals surface area (Å²) in [6.07, 6.45) is 9.26. The lowest BCUT2D eigenvalue weighted by Crippen LogP contribution is -1.98. The van der Waals surface area contributed by atoms with E-state index in [0.717, 1.165) is 18.4 Å². The molecule has 0 aliphatic rings. The largest absolute Gasteiger partial charge is 0.508 e. The van der Waals surface area contributed by atoms with Crippen LogP contribution in [0.2, 0.25) is 0 Å². The molecule has 0 amide bonds. The highest BCUT2D eigenvalue weighted by Gasteiger charge is 2.09. The molecule has 4 nitrogen and oxygen atoms in total. The molecule has 152 valence electrons. The first-order chi connectivity index (χ1) is 13.8. The first-order valence-electron chi connectivity index (χ1n) is 9.61. The van der Waals surface area contributed by atoms with Gasteiger partial charge in [0, 0.05) is 6.07 Å². The Morgan fingerprint density at radius 1 is 1.00 bits per heavy atom. The number of allylic oxidation sites excluding steroid dienone is 4. The predicted octanol–water partition coefficient (Wildman–Crippen LogP) is 6.07. The zero-order chi connectivity index (χ0) is 21.2. The number of carbonyl (C=O) groups is 1. The molecule has 0 aliphatic carbocycles. The minimum atomic E-state index is -0.308. The van der Waals surface area contributed by atoms with Crippen LogP contribution in [0.4, 0.5) is 0 Å². The van der Waals surface area contributed by atoms with Gasteiger partial charge in [0.1, 0.15) is 23.9 Å². The maximum absolute atomic E-state index is 12.3. The van der Waals surface area contributed by atoms with Crippen molar-refractivity contribution in [3.05, 3.63) is 83.0 Å². The van der Waals surface area contributed by atoms with Gasteiger partial charge in [-0.15, -0.1) is 0 Å². The van der Waals surface area contributed by atoms with Crippen molar-refractivity contribution in [2.24, 2.45) is 0 Å². The molecule has 0 saturated carbocycles. The number of phenols is 2. The highest BCUT2D eigenvalue weighted by molar-refractivity contribution is 6.08. The second kappa shape index (κ2) is 10.9. The van der Waals surface area contributed by atoms with E-state index in [9.17, 15) is 15.0 Å². The van der Waals surface area contributed by atoms with Crippen molar-refractivity contribution in [3.63, 3.8) is 0 Å². The molecule has 0 spiro atoms. The van der Waals surface area contributed by atoms with E-state index in [1.54, 1.807) is 42.5 Å². The van der Waals surface area contributed by atoms with E-state index >= 15 is 0 Å². The van der Waals surface area contributed by atoms with Gasteiger partial charge in [-0.05, 0) is 75.6 Å². The highest BCUT2D eigenvalue weighted by Crippen LogP contribution is 2.25. The van der Waals surface area contributed by atoms with Crippen LogP contribution in [0.3, 0.4) is 0 Å². The molecular weight excluding hydrogens is 364 g/mol. The SMILES string of the molecule is CC(C)=CCC/C(C)=C/COc1ccc(C(=O)/C=C/c2ccc(O)cc2)c(O)c1. The van der Waals surface area contributed by atoms with Gasteiger partial charge in [-0.1, -0.05) is 35.4 Å². The van der Waals surface area contributed by atoms with Crippen LogP contribution in [0, 0.1) is 0 Å². The Morgan fingerprint density at radius 2 is 1.72 bits per heavy atom. The van der Waals surface area contributed by atoms with Gasteiger partial charge in [-0.3, -0.25) is 4.79 Å². The third-order valence-electron chi connectivity index (χ3n) is 4.33. The molecule has 0 aliphatic heterocycles. The van der Waals surface area contributed by atoms with Crippen LogP contribution < -0.4 is 4.74 Å². The summed E-state index contributed by atoms with van der Waals surface area (Å²) in [5.74, 6) is 0.249. The molecule has 0 radical (unpaired) electrons. The summed E-state index contributed by atoms with van der Waals surface area (Å²) in [6.45, 7) is 6.66. The number of phenolic OH excluding ortho intramolecular Hbond substituents is 2. The first-order valence-corrected chi connectivity index (χ1v) is 9.61. The van der Waals surface area contributed by atoms with Gasteiger partial charge in [0.15, 0.2) is 5.78 Å². The summed E-state index contributed by atoms with van der Waals surface area (Å²) in [6, 6.07) is 11.2. The molecule has 0 fully saturated rings. The minimum absolute atomic E-state index is 0.118. The number of hydrogen-bond donors (Lipinski definition) is 2. The molecule has 0 unspecified atom stereocenters. The summed E-state index contributed by atoms with van der Waals surface area (Å²) < 4.78 is 5.66. The van der Waals surface area contributed by atoms with Crippen LogP contribution in [-0.2, 0) is 0 Å². The lowest BCUT2D eigenvalue weighted by molar-refractivity contribution is 0.104. The van der Waals surface area contributed by atoms with E-state index in [1.165, 1.54) is 23.3 Å². The second-order valence-electron chi connectivity index (χ2n) is 7.15. The fraction of sp³-hybridized carbons (Fsp3) is 0.240. The van der Waals surface area contributed by atoms with Gasteiger partial charge in [0.25, 0.3) is 0 Å².